The molecule has 0 amide bonds. The van der Waals surface area contributed by atoms with Crippen LogP contribution in [0.25, 0.3) is 0 Å². The average Bonchev–Trinajstić information content (AvgIpc) is 2.26. The number of rotatable bonds is 5. The molecule has 17 heavy (non-hydrogen) atoms. The van der Waals surface area contributed by atoms with Gasteiger partial charge in [0.25, 0.3) is 0 Å². The van der Waals surface area contributed by atoms with Crippen LogP contribution in [0.3, 0.4) is 0 Å². The number of nitrogens with two attached hydrogens (primary N) is 1. The van der Waals surface area contributed by atoms with Crippen molar-refractivity contribution in [2.75, 3.05) is 18.8 Å². The summed E-state index contributed by atoms with van der Waals surface area (Å²) in [7, 11) is 0. The fraction of sp³-hybridized carbons (Fsp3) is 0.571. The average molecular weight is 297 g/mol. The third-order valence-electron chi connectivity index (χ3n) is 3.66. The predicted octanol–water partition coefficient (Wildman–Crippen LogP) is 3.65. The van der Waals surface area contributed by atoms with Gasteiger partial charge in [-0.25, -0.2) is 0 Å². The Labute approximate surface area is 112 Å². The van der Waals surface area contributed by atoms with E-state index in [-0.39, 0.29) is 0 Å². The summed E-state index contributed by atoms with van der Waals surface area (Å²) in [5, 5.41) is 0. The van der Waals surface area contributed by atoms with Crippen LogP contribution in [0, 0.1) is 5.92 Å². The van der Waals surface area contributed by atoms with E-state index in [1.807, 2.05) is 6.07 Å². The van der Waals surface area contributed by atoms with Gasteiger partial charge in [0, 0.05) is 23.2 Å². The highest BCUT2D eigenvalue weighted by Gasteiger charge is 2.19. The van der Waals surface area contributed by atoms with Gasteiger partial charge in [-0.15, -0.1) is 0 Å². The molecular formula is C14H21BrN2. The SMILES string of the molecule is CCN(Cc1ccc(N)c(Br)c1)CC1CCC1. The van der Waals surface area contributed by atoms with E-state index in [1.54, 1.807) is 0 Å². The number of nitrogens with zero attached hydrogens (tertiary/aromatic N) is 1. The topological polar surface area (TPSA) is 29.3 Å². The Kier molecular flexibility index (Phi) is 4.46. The summed E-state index contributed by atoms with van der Waals surface area (Å²) in [4.78, 5) is 2.53. The van der Waals surface area contributed by atoms with Crippen LogP contribution >= 0.6 is 15.9 Å². The van der Waals surface area contributed by atoms with Gasteiger partial charge in [0.2, 0.25) is 0 Å². The van der Waals surface area contributed by atoms with Crippen molar-refractivity contribution < 1.29 is 0 Å². The standard InChI is InChI=1S/C14H21BrN2/c1-2-17(9-11-4-3-5-11)10-12-6-7-14(16)13(15)8-12/h6-8,11H,2-5,9-10,16H2,1H3. The molecule has 1 aromatic carbocycles. The lowest BCUT2D eigenvalue weighted by atomic mass is 9.85. The van der Waals surface area contributed by atoms with Gasteiger partial charge in [0.15, 0.2) is 0 Å². The Bertz CT molecular complexity index is 374. The highest BCUT2D eigenvalue weighted by atomic mass is 79.9. The lowest BCUT2D eigenvalue weighted by Gasteiger charge is -2.31. The minimum atomic E-state index is 0.816. The molecule has 0 aliphatic heterocycles. The Balaban J connectivity index is 1.94. The smallest absolute Gasteiger partial charge is 0.0458 e. The van der Waals surface area contributed by atoms with E-state index in [9.17, 15) is 0 Å². The second-order valence-corrected chi connectivity index (χ2v) is 5.83. The lowest BCUT2D eigenvalue weighted by Crippen LogP contribution is -2.32. The van der Waals surface area contributed by atoms with Crippen LogP contribution in [0.15, 0.2) is 22.7 Å². The molecule has 0 saturated heterocycles. The fourth-order valence-electron chi connectivity index (χ4n) is 2.27. The minimum absolute atomic E-state index is 0.816. The number of hydrogen-bond acceptors (Lipinski definition) is 2. The third-order valence-corrected chi connectivity index (χ3v) is 4.35. The predicted molar refractivity (Wildman–Crippen MR) is 76.8 cm³/mol. The van der Waals surface area contributed by atoms with Crippen LogP contribution in [-0.2, 0) is 6.54 Å². The highest BCUT2D eigenvalue weighted by molar-refractivity contribution is 9.10. The summed E-state index contributed by atoms with van der Waals surface area (Å²) >= 11 is 3.49. The largest absolute Gasteiger partial charge is 0.398 e. The zero-order valence-corrected chi connectivity index (χ0v) is 12.0. The van der Waals surface area contributed by atoms with E-state index in [0.717, 1.165) is 29.2 Å². The first-order valence-electron chi connectivity index (χ1n) is 6.45. The Morgan fingerprint density at radius 2 is 2.18 bits per heavy atom. The molecule has 1 fully saturated rings. The Morgan fingerprint density at radius 3 is 2.71 bits per heavy atom. The van der Waals surface area contributed by atoms with Crippen molar-refractivity contribution >= 4 is 21.6 Å². The van der Waals surface area contributed by atoms with Crippen LogP contribution in [0.2, 0.25) is 0 Å². The molecule has 0 spiro atoms. The molecule has 1 aromatic rings. The van der Waals surface area contributed by atoms with Crippen LogP contribution in [-0.4, -0.2) is 18.0 Å². The Morgan fingerprint density at radius 1 is 1.41 bits per heavy atom. The fourth-order valence-corrected chi connectivity index (χ4v) is 2.70. The summed E-state index contributed by atoms with van der Waals surface area (Å²) in [5.74, 6) is 0.937. The molecule has 1 saturated carbocycles. The third kappa shape index (κ3) is 3.46. The highest BCUT2D eigenvalue weighted by Crippen LogP contribution is 2.28. The van der Waals surface area contributed by atoms with E-state index in [1.165, 1.54) is 31.4 Å². The number of halogens is 1. The van der Waals surface area contributed by atoms with Crippen molar-refractivity contribution in [3.8, 4) is 0 Å². The van der Waals surface area contributed by atoms with E-state index in [2.05, 4.69) is 39.9 Å². The number of anilines is 1. The second kappa shape index (κ2) is 5.87. The molecule has 0 atom stereocenters. The maximum Gasteiger partial charge on any atom is 0.0458 e. The van der Waals surface area contributed by atoms with Crippen molar-refractivity contribution in [2.45, 2.75) is 32.7 Å². The van der Waals surface area contributed by atoms with Gasteiger partial charge in [-0.1, -0.05) is 19.4 Å². The molecule has 1 aliphatic rings. The van der Waals surface area contributed by atoms with Gasteiger partial charge in [-0.2, -0.15) is 0 Å². The molecule has 2 N–H and O–H groups in total. The molecule has 2 nitrogen and oxygen atoms in total. The second-order valence-electron chi connectivity index (χ2n) is 4.98. The molecular weight excluding hydrogens is 276 g/mol. The van der Waals surface area contributed by atoms with Crippen molar-refractivity contribution in [1.82, 2.24) is 4.90 Å². The van der Waals surface area contributed by atoms with E-state index >= 15 is 0 Å². The first-order valence-corrected chi connectivity index (χ1v) is 7.24. The molecule has 0 heterocycles. The lowest BCUT2D eigenvalue weighted by molar-refractivity contribution is 0.178. The zero-order valence-electron chi connectivity index (χ0n) is 10.5. The van der Waals surface area contributed by atoms with Crippen LogP contribution in [0.5, 0.6) is 0 Å². The molecule has 2 rings (SSSR count). The molecule has 0 bridgehead atoms. The van der Waals surface area contributed by atoms with Gasteiger partial charge >= 0.3 is 0 Å². The van der Waals surface area contributed by atoms with Crippen molar-refractivity contribution in [3.63, 3.8) is 0 Å². The molecule has 94 valence electrons. The summed E-state index contributed by atoms with van der Waals surface area (Å²) in [6.45, 7) is 5.65. The maximum atomic E-state index is 5.80. The quantitative estimate of drug-likeness (QED) is 0.841. The van der Waals surface area contributed by atoms with Gasteiger partial charge < -0.3 is 5.73 Å². The summed E-state index contributed by atoms with van der Waals surface area (Å²) in [5.41, 5.74) is 7.96. The molecule has 1 aliphatic carbocycles. The number of nitrogen functional groups attached to an aromatic ring is 1. The number of hydrogen-bond donors (Lipinski definition) is 1. The molecule has 0 unspecified atom stereocenters. The molecule has 3 heteroatoms. The zero-order chi connectivity index (χ0) is 12.3. The van der Waals surface area contributed by atoms with Gasteiger partial charge in [-0.05, 0) is 58.9 Å². The summed E-state index contributed by atoms with van der Waals surface area (Å²) in [6.07, 6.45) is 4.26. The van der Waals surface area contributed by atoms with Crippen molar-refractivity contribution in [1.29, 1.82) is 0 Å². The normalized spacial score (nSPS) is 16.2. The first kappa shape index (κ1) is 12.9. The van der Waals surface area contributed by atoms with E-state index in [0.29, 0.717) is 0 Å². The monoisotopic (exact) mass is 296 g/mol. The Hall–Kier alpha value is -0.540. The van der Waals surface area contributed by atoms with Crippen LogP contribution in [0.4, 0.5) is 5.69 Å². The van der Waals surface area contributed by atoms with Crippen LogP contribution in [0.1, 0.15) is 31.7 Å². The van der Waals surface area contributed by atoms with Crippen LogP contribution < -0.4 is 5.73 Å². The maximum absolute atomic E-state index is 5.80. The summed E-state index contributed by atoms with van der Waals surface area (Å²) < 4.78 is 1.01. The van der Waals surface area contributed by atoms with Gasteiger partial charge in [-0.3, -0.25) is 4.90 Å². The number of benzene rings is 1. The van der Waals surface area contributed by atoms with Gasteiger partial charge in [0.1, 0.15) is 0 Å². The van der Waals surface area contributed by atoms with Crippen molar-refractivity contribution in [2.24, 2.45) is 5.92 Å². The van der Waals surface area contributed by atoms with E-state index < -0.39 is 0 Å². The molecule has 0 aromatic heterocycles. The first-order chi connectivity index (χ1) is 8.19. The van der Waals surface area contributed by atoms with E-state index in [4.69, 9.17) is 5.73 Å². The van der Waals surface area contributed by atoms with Crippen molar-refractivity contribution in [3.05, 3.63) is 28.2 Å². The summed E-state index contributed by atoms with van der Waals surface area (Å²) in [6, 6.07) is 6.25. The minimum Gasteiger partial charge on any atom is -0.398 e. The van der Waals surface area contributed by atoms with Gasteiger partial charge in [0.05, 0.1) is 0 Å². The molecule has 0 radical (unpaired) electrons.